The standard InChI is InChI=1S/C8H11ClO/c1-10-8-4-2-3-5(6(3)8)7(4)9/h3-8H,2H2,1H3/t3-,4+,5?,6?,7+,8+/m1/s1. The van der Waals surface area contributed by atoms with Gasteiger partial charge in [0.2, 0.25) is 0 Å². The third-order valence-corrected chi connectivity index (χ3v) is 4.30. The summed E-state index contributed by atoms with van der Waals surface area (Å²) in [6.45, 7) is 0. The highest BCUT2D eigenvalue weighted by Crippen LogP contribution is 2.72. The zero-order valence-electron chi connectivity index (χ0n) is 5.96. The first kappa shape index (κ1) is 5.84. The van der Waals surface area contributed by atoms with Crippen molar-refractivity contribution in [2.24, 2.45) is 23.7 Å². The summed E-state index contributed by atoms with van der Waals surface area (Å²) >= 11 is 6.19. The van der Waals surface area contributed by atoms with E-state index in [2.05, 4.69) is 0 Å². The Morgan fingerprint density at radius 2 is 2.10 bits per heavy atom. The molecule has 0 heterocycles. The second-order valence-electron chi connectivity index (χ2n) is 3.86. The third kappa shape index (κ3) is 0.417. The number of alkyl halides is 1. The minimum atomic E-state index is 0.458. The van der Waals surface area contributed by atoms with E-state index in [0.29, 0.717) is 17.4 Å². The van der Waals surface area contributed by atoms with Gasteiger partial charge < -0.3 is 4.74 Å². The lowest BCUT2D eigenvalue weighted by atomic mass is 10.1. The van der Waals surface area contributed by atoms with Crippen molar-refractivity contribution in [3.63, 3.8) is 0 Å². The molecule has 0 spiro atoms. The summed E-state index contributed by atoms with van der Waals surface area (Å²) in [5, 5.41) is 0.458. The summed E-state index contributed by atoms with van der Waals surface area (Å²) in [5.41, 5.74) is 0. The highest BCUT2D eigenvalue weighted by atomic mass is 35.5. The molecule has 0 aromatic heterocycles. The first-order chi connectivity index (χ1) is 4.84. The van der Waals surface area contributed by atoms with Gasteiger partial charge in [0.15, 0.2) is 0 Å². The molecule has 4 aliphatic rings. The molecule has 4 fully saturated rings. The van der Waals surface area contributed by atoms with E-state index in [9.17, 15) is 0 Å². The highest BCUT2D eigenvalue weighted by Gasteiger charge is 2.73. The minimum Gasteiger partial charge on any atom is -0.381 e. The van der Waals surface area contributed by atoms with Crippen LogP contribution in [0.2, 0.25) is 0 Å². The van der Waals surface area contributed by atoms with Crippen LogP contribution in [-0.2, 0) is 4.74 Å². The van der Waals surface area contributed by atoms with E-state index in [-0.39, 0.29) is 0 Å². The Bertz CT molecular complexity index is 182. The highest BCUT2D eigenvalue weighted by molar-refractivity contribution is 6.21. The zero-order chi connectivity index (χ0) is 6.88. The van der Waals surface area contributed by atoms with Gasteiger partial charge in [0.05, 0.1) is 6.10 Å². The Morgan fingerprint density at radius 3 is 2.30 bits per heavy atom. The SMILES string of the molecule is CO[C@@H]1C2C3[C@H]2C[C@H]1[C@@H]3Cl. The van der Waals surface area contributed by atoms with Gasteiger partial charge in [0.1, 0.15) is 0 Å². The molecule has 1 nitrogen and oxygen atoms in total. The summed E-state index contributed by atoms with van der Waals surface area (Å²) in [5.74, 6) is 3.36. The summed E-state index contributed by atoms with van der Waals surface area (Å²) in [6, 6.07) is 0. The normalized spacial score (nSPS) is 69.0. The fourth-order valence-electron chi connectivity index (χ4n) is 3.32. The molecule has 0 aromatic carbocycles. The van der Waals surface area contributed by atoms with E-state index >= 15 is 0 Å². The molecule has 6 atom stereocenters. The largest absolute Gasteiger partial charge is 0.381 e. The minimum absolute atomic E-state index is 0.458. The molecule has 4 saturated carbocycles. The number of halogens is 1. The van der Waals surface area contributed by atoms with E-state index in [1.807, 2.05) is 7.11 Å². The maximum Gasteiger partial charge on any atom is 0.0647 e. The van der Waals surface area contributed by atoms with Gasteiger partial charge in [-0.15, -0.1) is 11.6 Å². The van der Waals surface area contributed by atoms with Crippen LogP contribution in [0.3, 0.4) is 0 Å². The topological polar surface area (TPSA) is 9.23 Å². The van der Waals surface area contributed by atoms with E-state index in [4.69, 9.17) is 16.3 Å². The number of ether oxygens (including phenoxy) is 1. The second kappa shape index (κ2) is 1.54. The van der Waals surface area contributed by atoms with Crippen molar-refractivity contribution < 1.29 is 4.74 Å². The maximum atomic E-state index is 6.19. The molecule has 4 bridgehead atoms. The van der Waals surface area contributed by atoms with E-state index in [1.54, 1.807) is 0 Å². The van der Waals surface area contributed by atoms with Gasteiger partial charge in [-0.3, -0.25) is 0 Å². The van der Waals surface area contributed by atoms with Crippen molar-refractivity contribution in [3.05, 3.63) is 0 Å². The smallest absolute Gasteiger partial charge is 0.0647 e. The Hall–Kier alpha value is 0.250. The van der Waals surface area contributed by atoms with Crippen LogP contribution in [0, 0.1) is 23.7 Å². The number of hydrogen-bond acceptors (Lipinski definition) is 1. The summed E-state index contributed by atoms with van der Waals surface area (Å²) in [7, 11) is 1.82. The van der Waals surface area contributed by atoms with Crippen LogP contribution in [0.25, 0.3) is 0 Å². The Balaban J connectivity index is 1.95. The lowest BCUT2D eigenvalue weighted by molar-refractivity contribution is 0.0727. The van der Waals surface area contributed by atoms with E-state index < -0.39 is 0 Å². The predicted molar refractivity (Wildman–Crippen MR) is 39.0 cm³/mol. The Morgan fingerprint density at radius 1 is 1.30 bits per heavy atom. The molecule has 0 aromatic rings. The van der Waals surface area contributed by atoms with Crippen molar-refractivity contribution in [2.75, 3.05) is 7.11 Å². The molecule has 4 rings (SSSR count). The number of methoxy groups -OCH3 is 1. The molecule has 10 heavy (non-hydrogen) atoms. The summed E-state index contributed by atoms with van der Waals surface area (Å²) in [6.07, 6.45) is 1.87. The van der Waals surface area contributed by atoms with Gasteiger partial charge in [-0.1, -0.05) is 0 Å². The van der Waals surface area contributed by atoms with Crippen LogP contribution in [0.5, 0.6) is 0 Å². The molecule has 2 heteroatoms. The van der Waals surface area contributed by atoms with Crippen LogP contribution in [-0.4, -0.2) is 18.6 Å². The van der Waals surface area contributed by atoms with E-state index in [0.717, 1.165) is 17.8 Å². The Labute approximate surface area is 65.7 Å². The van der Waals surface area contributed by atoms with Crippen molar-refractivity contribution in [1.82, 2.24) is 0 Å². The third-order valence-electron chi connectivity index (χ3n) is 3.69. The first-order valence-corrected chi connectivity index (χ1v) is 4.45. The van der Waals surface area contributed by atoms with Crippen molar-refractivity contribution in [3.8, 4) is 0 Å². The van der Waals surface area contributed by atoms with Gasteiger partial charge in [-0.2, -0.15) is 0 Å². The lowest BCUT2D eigenvalue weighted by Gasteiger charge is -2.13. The fourth-order valence-corrected chi connectivity index (χ4v) is 3.92. The fraction of sp³-hybridized carbons (Fsp3) is 1.00. The number of rotatable bonds is 1. The van der Waals surface area contributed by atoms with Gasteiger partial charge in [0.25, 0.3) is 0 Å². The van der Waals surface area contributed by atoms with Crippen LogP contribution < -0.4 is 0 Å². The van der Waals surface area contributed by atoms with Crippen LogP contribution in [0.1, 0.15) is 6.42 Å². The van der Waals surface area contributed by atoms with Gasteiger partial charge >= 0.3 is 0 Å². The van der Waals surface area contributed by atoms with Crippen LogP contribution in [0.15, 0.2) is 0 Å². The molecular weight excluding hydrogens is 148 g/mol. The zero-order valence-corrected chi connectivity index (χ0v) is 6.71. The molecule has 0 saturated heterocycles. The molecular formula is C8H11ClO. The Kier molecular flexibility index (Phi) is 0.897. The predicted octanol–water partition coefficient (Wildman–Crippen LogP) is 1.50. The second-order valence-corrected chi connectivity index (χ2v) is 4.37. The summed E-state index contributed by atoms with van der Waals surface area (Å²) in [4.78, 5) is 0. The maximum absolute atomic E-state index is 6.19. The lowest BCUT2D eigenvalue weighted by Crippen LogP contribution is -2.18. The van der Waals surface area contributed by atoms with Crippen molar-refractivity contribution in [1.29, 1.82) is 0 Å². The molecule has 4 aliphatic carbocycles. The monoisotopic (exact) mass is 158 g/mol. The van der Waals surface area contributed by atoms with Gasteiger partial charge in [-0.25, -0.2) is 0 Å². The average molecular weight is 159 g/mol. The van der Waals surface area contributed by atoms with Crippen LogP contribution >= 0.6 is 11.6 Å². The molecule has 0 radical (unpaired) electrons. The van der Waals surface area contributed by atoms with Gasteiger partial charge in [-0.05, 0) is 24.2 Å². The van der Waals surface area contributed by atoms with Crippen molar-refractivity contribution in [2.45, 2.75) is 17.9 Å². The average Bonchev–Trinajstić information content (AvgIpc) is 2.29. The molecule has 56 valence electrons. The summed E-state index contributed by atoms with van der Waals surface area (Å²) < 4.78 is 5.40. The van der Waals surface area contributed by atoms with E-state index in [1.165, 1.54) is 6.42 Å². The molecule has 2 unspecified atom stereocenters. The van der Waals surface area contributed by atoms with Crippen molar-refractivity contribution >= 4 is 11.6 Å². The molecule has 0 aliphatic heterocycles. The first-order valence-electron chi connectivity index (χ1n) is 4.01. The number of hydrogen-bond donors (Lipinski definition) is 0. The molecule has 0 N–H and O–H groups in total. The van der Waals surface area contributed by atoms with Gasteiger partial charge in [0, 0.05) is 18.4 Å². The quantitative estimate of drug-likeness (QED) is 0.526. The molecule has 0 amide bonds. The van der Waals surface area contributed by atoms with Crippen LogP contribution in [0.4, 0.5) is 0 Å².